The predicted octanol–water partition coefficient (Wildman–Crippen LogP) is 3.24. The number of benzene rings is 1. The van der Waals surface area contributed by atoms with Gasteiger partial charge >= 0.3 is 11.9 Å². The quantitative estimate of drug-likeness (QED) is 0.867. The first-order valence-electron chi connectivity index (χ1n) is 6.66. The normalized spacial score (nSPS) is 16.2. The molecule has 1 aromatic carbocycles. The molecule has 0 radical (unpaired) electrons. The Morgan fingerprint density at radius 2 is 1.50 bits per heavy atom. The zero-order valence-electron chi connectivity index (χ0n) is 12.3. The maximum absolute atomic E-state index is 11.6. The van der Waals surface area contributed by atoms with Crippen molar-refractivity contribution in [1.29, 1.82) is 0 Å². The van der Waals surface area contributed by atoms with Crippen molar-refractivity contribution in [2.45, 2.75) is 33.6 Å². The minimum atomic E-state index is -1.07. The Hall–Kier alpha value is -1.84. The smallest absolute Gasteiger partial charge is 0.308 e. The van der Waals surface area contributed by atoms with Crippen molar-refractivity contribution in [3.8, 4) is 0 Å². The van der Waals surface area contributed by atoms with Gasteiger partial charge in [-0.15, -0.1) is 0 Å². The standard InChI is InChI=1S/C16H22O4/c1-10(11-8-6-5-7-9-11)12(14(17)18)13(15(19)20)16(2,3)4/h5-10,12-13H,1-4H3,(H,17,18)(H,19,20). The highest BCUT2D eigenvalue weighted by Crippen LogP contribution is 2.40. The maximum atomic E-state index is 11.6. The van der Waals surface area contributed by atoms with E-state index in [0.29, 0.717) is 0 Å². The number of rotatable bonds is 5. The summed E-state index contributed by atoms with van der Waals surface area (Å²) in [6, 6.07) is 9.18. The van der Waals surface area contributed by atoms with Gasteiger partial charge in [0.15, 0.2) is 0 Å². The van der Waals surface area contributed by atoms with Crippen LogP contribution in [0, 0.1) is 17.3 Å². The summed E-state index contributed by atoms with van der Waals surface area (Å²) in [5, 5.41) is 19.0. The van der Waals surface area contributed by atoms with Crippen LogP contribution in [0.25, 0.3) is 0 Å². The van der Waals surface area contributed by atoms with Gasteiger partial charge in [-0.3, -0.25) is 9.59 Å². The SMILES string of the molecule is CC(c1ccccc1)C(C(=O)O)C(C(=O)O)C(C)(C)C. The zero-order valence-corrected chi connectivity index (χ0v) is 12.3. The van der Waals surface area contributed by atoms with E-state index in [-0.39, 0.29) is 5.92 Å². The van der Waals surface area contributed by atoms with Crippen LogP contribution < -0.4 is 0 Å². The third-order valence-electron chi connectivity index (χ3n) is 3.71. The summed E-state index contributed by atoms with van der Waals surface area (Å²) >= 11 is 0. The second-order valence-electron chi connectivity index (χ2n) is 6.25. The van der Waals surface area contributed by atoms with Crippen molar-refractivity contribution < 1.29 is 19.8 Å². The molecule has 0 aromatic heterocycles. The molecule has 0 heterocycles. The van der Waals surface area contributed by atoms with E-state index < -0.39 is 29.2 Å². The lowest BCUT2D eigenvalue weighted by Crippen LogP contribution is -2.41. The molecule has 2 N–H and O–H groups in total. The van der Waals surface area contributed by atoms with Gasteiger partial charge in [-0.05, 0) is 16.9 Å². The fraction of sp³-hybridized carbons (Fsp3) is 0.500. The lowest BCUT2D eigenvalue weighted by atomic mass is 9.67. The summed E-state index contributed by atoms with van der Waals surface area (Å²) in [5.74, 6) is -4.41. The highest BCUT2D eigenvalue weighted by atomic mass is 16.4. The molecule has 0 fully saturated rings. The third-order valence-corrected chi connectivity index (χ3v) is 3.71. The molecule has 0 aliphatic rings. The highest BCUT2D eigenvalue weighted by molar-refractivity contribution is 5.81. The summed E-state index contributed by atoms with van der Waals surface area (Å²) in [6.45, 7) is 7.06. The predicted molar refractivity (Wildman–Crippen MR) is 76.6 cm³/mol. The third kappa shape index (κ3) is 3.59. The molecule has 4 nitrogen and oxygen atoms in total. The molecular weight excluding hydrogens is 256 g/mol. The highest BCUT2D eigenvalue weighted by Gasteiger charge is 2.44. The molecule has 3 unspecified atom stereocenters. The molecule has 1 aromatic rings. The van der Waals surface area contributed by atoms with E-state index in [1.54, 1.807) is 27.7 Å². The second-order valence-corrected chi connectivity index (χ2v) is 6.25. The van der Waals surface area contributed by atoms with Gasteiger partial charge in [-0.2, -0.15) is 0 Å². The van der Waals surface area contributed by atoms with E-state index in [9.17, 15) is 19.8 Å². The van der Waals surface area contributed by atoms with Gasteiger partial charge in [0.25, 0.3) is 0 Å². The van der Waals surface area contributed by atoms with Gasteiger partial charge in [0.2, 0.25) is 0 Å². The first kappa shape index (κ1) is 16.2. The average molecular weight is 278 g/mol. The summed E-state index contributed by atoms with van der Waals surface area (Å²) in [5.41, 5.74) is 0.216. The minimum absolute atomic E-state index is 0.367. The Labute approximate surface area is 119 Å². The molecule has 0 amide bonds. The van der Waals surface area contributed by atoms with E-state index in [2.05, 4.69) is 0 Å². The summed E-state index contributed by atoms with van der Waals surface area (Å²) in [7, 11) is 0. The molecule has 0 saturated carbocycles. The molecule has 0 aliphatic carbocycles. The molecule has 20 heavy (non-hydrogen) atoms. The van der Waals surface area contributed by atoms with Crippen molar-refractivity contribution in [2.75, 3.05) is 0 Å². The molecule has 0 saturated heterocycles. The van der Waals surface area contributed by atoms with Crippen LogP contribution in [0.4, 0.5) is 0 Å². The first-order chi connectivity index (χ1) is 9.16. The van der Waals surface area contributed by atoms with E-state index in [4.69, 9.17) is 0 Å². The van der Waals surface area contributed by atoms with E-state index in [1.165, 1.54) is 0 Å². The van der Waals surface area contributed by atoms with Crippen LogP contribution in [-0.2, 0) is 9.59 Å². The first-order valence-corrected chi connectivity index (χ1v) is 6.66. The molecule has 0 spiro atoms. The topological polar surface area (TPSA) is 74.6 Å². The number of hydrogen-bond donors (Lipinski definition) is 2. The Bertz CT molecular complexity index is 473. The van der Waals surface area contributed by atoms with Crippen LogP contribution in [0.3, 0.4) is 0 Å². The van der Waals surface area contributed by atoms with Crippen LogP contribution in [0.5, 0.6) is 0 Å². The Morgan fingerprint density at radius 1 is 1.00 bits per heavy atom. The lowest BCUT2D eigenvalue weighted by molar-refractivity contribution is -0.159. The van der Waals surface area contributed by atoms with Crippen molar-refractivity contribution >= 4 is 11.9 Å². The number of aliphatic carboxylic acids is 2. The summed E-state index contributed by atoms with van der Waals surface area (Å²) < 4.78 is 0. The number of hydrogen-bond acceptors (Lipinski definition) is 2. The minimum Gasteiger partial charge on any atom is -0.481 e. The van der Waals surface area contributed by atoms with E-state index in [0.717, 1.165) is 5.56 Å². The van der Waals surface area contributed by atoms with Gasteiger partial charge in [0.1, 0.15) is 0 Å². The molecule has 3 atom stereocenters. The van der Waals surface area contributed by atoms with Crippen LogP contribution >= 0.6 is 0 Å². The van der Waals surface area contributed by atoms with Crippen LogP contribution in [0.1, 0.15) is 39.2 Å². The fourth-order valence-electron chi connectivity index (χ4n) is 2.67. The Kier molecular flexibility index (Phi) is 4.93. The van der Waals surface area contributed by atoms with Crippen LogP contribution in [-0.4, -0.2) is 22.2 Å². The number of carboxylic acid groups (broad SMARTS) is 2. The molecule has 4 heteroatoms. The van der Waals surface area contributed by atoms with Crippen molar-refractivity contribution in [2.24, 2.45) is 17.3 Å². The van der Waals surface area contributed by atoms with Crippen LogP contribution in [0.15, 0.2) is 30.3 Å². The zero-order chi connectivity index (χ0) is 15.5. The maximum Gasteiger partial charge on any atom is 0.308 e. The van der Waals surface area contributed by atoms with Gasteiger partial charge in [0, 0.05) is 0 Å². The summed E-state index contributed by atoms with van der Waals surface area (Å²) in [4.78, 5) is 23.2. The van der Waals surface area contributed by atoms with E-state index >= 15 is 0 Å². The largest absolute Gasteiger partial charge is 0.481 e. The number of carbonyl (C=O) groups is 2. The molecular formula is C16H22O4. The van der Waals surface area contributed by atoms with Gasteiger partial charge in [0.05, 0.1) is 11.8 Å². The number of carboxylic acids is 2. The second kappa shape index (κ2) is 6.07. The van der Waals surface area contributed by atoms with Gasteiger partial charge in [-0.1, -0.05) is 58.0 Å². The lowest BCUT2D eigenvalue weighted by Gasteiger charge is -2.35. The molecule has 110 valence electrons. The molecule has 1 rings (SSSR count). The van der Waals surface area contributed by atoms with E-state index in [1.807, 2.05) is 30.3 Å². The molecule has 0 aliphatic heterocycles. The van der Waals surface area contributed by atoms with Gasteiger partial charge < -0.3 is 10.2 Å². The summed E-state index contributed by atoms with van der Waals surface area (Å²) in [6.07, 6.45) is 0. The Morgan fingerprint density at radius 3 is 1.85 bits per heavy atom. The monoisotopic (exact) mass is 278 g/mol. The molecule has 0 bridgehead atoms. The van der Waals surface area contributed by atoms with Crippen molar-refractivity contribution in [1.82, 2.24) is 0 Å². The average Bonchev–Trinajstić information content (AvgIpc) is 2.33. The fourth-order valence-corrected chi connectivity index (χ4v) is 2.67. The van der Waals surface area contributed by atoms with Crippen molar-refractivity contribution in [3.05, 3.63) is 35.9 Å². The Balaban J connectivity index is 3.23. The van der Waals surface area contributed by atoms with Gasteiger partial charge in [-0.25, -0.2) is 0 Å². The van der Waals surface area contributed by atoms with Crippen LogP contribution in [0.2, 0.25) is 0 Å². The van der Waals surface area contributed by atoms with Crippen molar-refractivity contribution in [3.63, 3.8) is 0 Å².